The van der Waals surface area contributed by atoms with Gasteiger partial charge in [-0.05, 0) is 45.4 Å². The van der Waals surface area contributed by atoms with Gasteiger partial charge in [-0.2, -0.15) is 5.06 Å². The molecule has 0 aromatic heterocycles. The molecule has 2 N–H and O–H groups in total. The van der Waals surface area contributed by atoms with Gasteiger partial charge in [0.1, 0.15) is 0 Å². The van der Waals surface area contributed by atoms with Crippen molar-refractivity contribution in [2.24, 2.45) is 0 Å². The van der Waals surface area contributed by atoms with Gasteiger partial charge in [0.15, 0.2) is 0 Å². The highest BCUT2D eigenvalue weighted by molar-refractivity contribution is 5.88. The summed E-state index contributed by atoms with van der Waals surface area (Å²) in [6.45, 7) is 8.41. The van der Waals surface area contributed by atoms with E-state index in [4.69, 9.17) is 15.2 Å². The Morgan fingerprint density at radius 1 is 1.38 bits per heavy atom. The molecule has 1 heterocycles. The molecule has 0 aliphatic carbocycles. The number of nitrogens with one attached hydrogen (secondary N) is 1. The molecule has 2 rings (SSSR count). The quantitative estimate of drug-likeness (QED) is 0.753. The molecule has 8 nitrogen and oxygen atoms in total. The molecular weight excluding hydrogens is 336 g/mol. The Balaban J connectivity index is 0.00000163. The lowest BCUT2D eigenvalue weighted by Crippen LogP contribution is -2.52. The third-order valence-electron chi connectivity index (χ3n) is 3.72. The number of carbonyl (C=O) groups is 2. The van der Waals surface area contributed by atoms with Gasteiger partial charge < -0.3 is 10.4 Å². The minimum atomic E-state index is -0.860. The van der Waals surface area contributed by atoms with Gasteiger partial charge in [0.05, 0.1) is 18.7 Å². The zero-order chi connectivity index (χ0) is 19.5. The summed E-state index contributed by atoms with van der Waals surface area (Å²) < 4.78 is 0. The fourth-order valence-corrected chi connectivity index (χ4v) is 2.78. The standard InChI is InChI=1S/C17H25N3O4.CHN/c1-13(2)24-20(17(23)18-14-7-4-3-5-8-14)15-9-6-10-19(11-15)12-16(21)22;1-2/h3-5,7-8,13,15H,6,9-12H2,1-2H3,(H,18,23)(H,21,22);1H. The lowest BCUT2D eigenvalue weighted by atomic mass is 10.1. The predicted octanol–water partition coefficient (Wildman–Crippen LogP) is 2.55. The maximum atomic E-state index is 12.6. The average molecular weight is 362 g/mol. The Morgan fingerprint density at radius 3 is 2.62 bits per heavy atom. The van der Waals surface area contributed by atoms with Crippen molar-refractivity contribution in [2.75, 3.05) is 25.0 Å². The Kier molecular flexibility index (Phi) is 9.12. The molecule has 0 bridgehead atoms. The number of aliphatic carboxylic acids is 1. The maximum absolute atomic E-state index is 12.6. The fourth-order valence-electron chi connectivity index (χ4n) is 2.78. The Bertz CT molecular complexity index is 591. The van der Waals surface area contributed by atoms with Crippen LogP contribution in [0.5, 0.6) is 0 Å². The summed E-state index contributed by atoms with van der Waals surface area (Å²) in [4.78, 5) is 31.1. The van der Waals surface area contributed by atoms with E-state index in [9.17, 15) is 9.59 Å². The number of benzene rings is 1. The van der Waals surface area contributed by atoms with Crippen LogP contribution in [0.4, 0.5) is 10.5 Å². The van der Waals surface area contributed by atoms with E-state index in [1.54, 1.807) is 0 Å². The number of nitrogens with zero attached hydrogens (tertiary/aromatic N) is 3. The number of piperidine rings is 1. The summed E-state index contributed by atoms with van der Waals surface area (Å²) in [7, 11) is 0. The number of carbonyl (C=O) groups excluding carboxylic acids is 1. The van der Waals surface area contributed by atoms with E-state index in [1.807, 2.05) is 49.1 Å². The molecule has 0 saturated carbocycles. The van der Waals surface area contributed by atoms with E-state index in [1.165, 1.54) is 5.06 Å². The average Bonchev–Trinajstić information content (AvgIpc) is 2.61. The number of hydroxylamine groups is 2. The van der Waals surface area contributed by atoms with Crippen LogP contribution in [0, 0.1) is 11.8 Å². The van der Waals surface area contributed by atoms with Gasteiger partial charge in [-0.25, -0.2) is 10.1 Å². The number of carboxylic acid groups (broad SMARTS) is 1. The molecule has 1 saturated heterocycles. The van der Waals surface area contributed by atoms with Crippen molar-refractivity contribution in [1.82, 2.24) is 9.96 Å². The fraction of sp³-hybridized carbons (Fsp3) is 0.500. The predicted molar refractivity (Wildman–Crippen MR) is 97.3 cm³/mol. The first-order valence-electron chi connectivity index (χ1n) is 8.47. The van der Waals surface area contributed by atoms with Gasteiger partial charge in [0.25, 0.3) is 0 Å². The van der Waals surface area contributed by atoms with Crippen LogP contribution in [0.1, 0.15) is 26.7 Å². The third kappa shape index (κ3) is 7.09. The number of carboxylic acids is 1. The summed E-state index contributed by atoms with van der Waals surface area (Å²) in [5, 5.41) is 19.7. The summed E-state index contributed by atoms with van der Waals surface area (Å²) >= 11 is 0. The molecular formula is C18H26N4O4. The van der Waals surface area contributed by atoms with Gasteiger partial charge >= 0.3 is 12.0 Å². The number of anilines is 1. The molecule has 142 valence electrons. The lowest BCUT2D eigenvalue weighted by molar-refractivity contribution is -0.178. The van der Waals surface area contributed by atoms with Crippen LogP contribution >= 0.6 is 0 Å². The highest BCUT2D eigenvalue weighted by Gasteiger charge is 2.31. The van der Waals surface area contributed by atoms with Crippen molar-refractivity contribution in [3.8, 4) is 6.57 Å². The molecule has 1 aliphatic heterocycles. The zero-order valence-electron chi connectivity index (χ0n) is 15.2. The van der Waals surface area contributed by atoms with Crippen LogP contribution in [0.25, 0.3) is 0 Å². The summed E-state index contributed by atoms with van der Waals surface area (Å²) in [6, 6.07) is 8.67. The topological polar surface area (TPSA) is 106 Å². The van der Waals surface area contributed by atoms with Crippen molar-refractivity contribution in [3.05, 3.63) is 30.3 Å². The van der Waals surface area contributed by atoms with E-state index in [2.05, 4.69) is 11.9 Å². The maximum Gasteiger partial charge on any atom is 0.346 e. The van der Waals surface area contributed by atoms with Crippen LogP contribution in [0.15, 0.2) is 30.3 Å². The van der Waals surface area contributed by atoms with Crippen LogP contribution in [-0.4, -0.2) is 58.9 Å². The molecule has 1 aliphatic rings. The summed E-state index contributed by atoms with van der Waals surface area (Å²) in [6.07, 6.45) is 1.46. The summed E-state index contributed by atoms with van der Waals surface area (Å²) in [5.74, 6) is -0.860. The number of amides is 2. The first-order chi connectivity index (χ1) is 12.5. The molecule has 1 unspecified atom stereocenters. The van der Waals surface area contributed by atoms with Crippen LogP contribution in [-0.2, 0) is 9.63 Å². The van der Waals surface area contributed by atoms with Crippen molar-refractivity contribution >= 4 is 17.7 Å². The number of hydrogen-bond acceptors (Lipinski definition) is 5. The molecule has 1 aromatic carbocycles. The number of likely N-dealkylation sites (tertiary alicyclic amines) is 1. The van der Waals surface area contributed by atoms with Crippen LogP contribution in [0.3, 0.4) is 0 Å². The Labute approximate surface area is 153 Å². The molecule has 1 fully saturated rings. The monoisotopic (exact) mass is 362 g/mol. The van der Waals surface area contributed by atoms with E-state index in [0.29, 0.717) is 12.2 Å². The number of hydrogen-bond donors (Lipinski definition) is 2. The minimum absolute atomic E-state index is 0.0215. The van der Waals surface area contributed by atoms with Gasteiger partial charge in [-0.15, -0.1) is 0 Å². The minimum Gasteiger partial charge on any atom is -0.480 e. The van der Waals surface area contributed by atoms with Crippen molar-refractivity contribution in [1.29, 1.82) is 5.26 Å². The normalized spacial score (nSPS) is 17.0. The third-order valence-corrected chi connectivity index (χ3v) is 3.72. The van der Waals surface area contributed by atoms with E-state index in [0.717, 1.165) is 19.4 Å². The Hall–Kier alpha value is -2.63. The highest BCUT2D eigenvalue weighted by Crippen LogP contribution is 2.19. The number of rotatable bonds is 6. The first kappa shape index (κ1) is 21.4. The van der Waals surface area contributed by atoms with Crippen molar-refractivity contribution in [2.45, 2.75) is 38.8 Å². The summed E-state index contributed by atoms with van der Waals surface area (Å²) in [5.41, 5.74) is 0.693. The van der Waals surface area contributed by atoms with E-state index >= 15 is 0 Å². The molecule has 0 radical (unpaired) electrons. The molecule has 2 amide bonds. The van der Waals surface area contributed by atoms with Gasteiger partial charge in [0.2, 0.25) is 0 Å². The lowest BCUT2D eigenvalue weighted by Gasteiger charge is -2.38. The number of para-hydroxylation sites is 1. The SMILES string of the molecule is C#N.CC(C)ON(C(=O)Nc1ccccc1)C1CCCN(CC(=O)O)C1. The van der Waals surface area contributed by atoms with Crippen LogP contribution in [0.2, 0.25) is 0 Å². The van der Waals surface area contributed by atoms with Crippen LogP contribution < -0.4 is 5.32 Å². The molecule has 0 spiro atoms. The van der Waals surface area contributed by atoms with Gasteiger partial charge in [-0.3, -0.25) is 14.5 Å². The largest absolute Gasteiger partial charge is 0.480 e. The zero-order valence-corrected chi connectivity index (χ0v) is 15.2. The highest BCUT2D eigenvalue weighted by atomic mass is 16.7. The number of urea groups is 1. The first-order valence-corrected chi connectivity index (χ1v) is 8.47. The molecule has 1 atom stereocenters. The molecule has 8 heteroatoms. The Morgan fingerprint density at radius 2 is 2.04 bits per heavy atom. The smallest absolute Gasteiger partial charge is 0.346 e. The van der Waals surface area contributed by atoms with E-state index < -0.39 is 5.97 Å². The van der Waals surface area contributed by atoms with Crippen molar-refractivity contribution < 1.29 is 19.5 Å². The number of nitriles is 1. The second-order valence-corrected chi connectivity index (χ2v) is 6.20. The second kappa shape index (κ2) is 11.1. The molecule has 26 heavy (non-hydrogen) atoms. The van der Waals surface area contributed by atoms with Gasteiger partial charge in [0, 0.05) is 18.8 Å². The molecule has 1 aromatic rings. The second-order valence-electron chi connectivity index (χ2n) is 6.20. The van der Waals surface area contributed by atoms with Gasteiger partial charge in [-0.1, -0.05) is 18.2 Å². The van der Waals surface area contributed by atoms with E-state index in [-0.39, 0.29) is 24.7 Å². The van der Waals surface area contributed by atoms with Crippen molar-refractivity contribution in [3.63, 3.8) is 0 Å².